The van der Waals surface area contributed by atoms with Crippen LogP contribution in [0.3, 0.4) is 0 Å². The van der Waals surface area contributed by atoms with Crippen molar-refractivity contribution < 1.29 is 4.79 Å². The lowest BCUT2D eigenvalue weighted by atomic mass is 10.2. The highest BCUT2D eigenvalue weighted by Gasteiger charge is 2.07. The summed E-state index contributed by atoms with van der Waals surface area (Å²) in [6, 6.07) is 13.8. The van der Waals surface area contributed by atoms with E-state index in [4.69, 9.17) is 0 Å². The SMILES string of the molecule is CCN(CC)CCNC(=O)c1ccc(SCc2cn3ccccc3n2)cc1. The number of benzene rings is 1. The first-order valence-corrected chi connectivity index (χ1v) is 10.3. The van der Waals surface area contributed by atoms with Gasteiger partial charge in [0.25, 0.3) is 5.91 Å². The third-order valence-electron chi connectivity index (χ3n) is 4.53. The van der Waals surface area contributed by atoms with Crippen LogP contribution in [0.15, 0.2) is 59.8 Å². The highest BCUT2D eigenvalue weighted by molar-refractivity contribution is 7.98. The maximum atomic E-state index is 12.2. The Hall–Kier alpha value is -2.31. The van der Waals surface area contributed by atoms with Gasteiger partial charge in [-0.25, -0.2) is 4.98 Å². The zero-order chi connectivity index (χ0) is 19.1. The summed E-state index contributed by atoms with van der Waals surface area (Å²) in [5.41, 5.74) is 2.71. The Balaban J connectivity index is 1.50. The van der Waals surface area contributed by atoms with Crippen molar-refractivity contribution in [1.82, 2.24) is 19.6 Å². The molecule has 5 nitrogen and oxygen atoms in total. The molecule has 0 atom stereocenters. The monoisotopic (exact) mass is 382 g/mol. The van der Waals surface area contributed by atoms with Gasteiger partial charge in [-0.05, 0) is 49.5 Å². The molecule has 27 heavy (non-hydrogen) atoms. The first-order chi connectivity index (χ1) is 13.2. The molecule has 1 aromatic carbocycles. The van der Waals surface area contributed by atoms with Crippen molar-refractivity contribution in [2.24, 2.45) is 0 Å². The number of amides is 1. The van der Waals surface area contributed by atoms with Gasteiger partial charge >= 0.3 is 0 Å². The smallest absolute Gasteiger partial charge is 0.251 e. The van der Waals surface area contributed by atoms with Crippen molar-refractivity contribution in [3.63, 3.8) is 0 Å². The van der Waals surface area contributed by atoms with Gasteiger partial charge in [0.2, 0.25) is 0 Å². The van der Waals surface area contributed by atoms with Crippen LogP contribution >= 0.6 is 11.8 Å². The van der Waals surface area contributed by atoms with Crippen LogP contribution in [0.1, 0.15) is 29.9 Å². The third-order valence-corrected chi connectivity index (χ3v) is 5.57. The van der Waals surface area contributed by atoms with E-state index in [-0.39, 0.29) is 5.91 Å². The van der Waals surface area contributed by atoms with Crippen molar-refractivity contribution >= 4 is 23.3 Å². The molecule has 0 aliphatic heterocycles. The molecule has 0 aliphatic rings. The molecule has 0 fully saturated rings. The van der Waals surface area contributed by atoms with Gasteiger partial charge in [-0.3, -0.25) is 4.79 Å². The summed E-state index contributed by atoms with van der Waals surface area (Å²) in [6.07, 6.45) is 4.06. The summed E-state index contributed by atoms with van der Waals surface area (Å²) >= 11 is 1.72. The number of fused-ring (bicyclic) bond motifs is 1. The first-order valence-electron chi connectivity index (χ1n) is 9.35. The molecule has 3 aromatic rings. The summed E-state index contributed by atoms with van der Waals surface area (Å²) in [5.74, 6) is 0.788. The van der Waals surface area contributed by atoms with Gasteiger partial charge < -0.3 is 14.6 Å². The highest BCUT2D eigenvalue weighted by Crippen LogP contribution is 2.23. The van der Waals surface area contributed by atoms with Gasteiger partial charge in [-0.2, -0.15) is 0 Å². The zero-order valence-electron chi connectivity index (χ0n) is 15.9. The van der Waals surface area contributed by atoms with Crippen LogP contribution in [0.4, 0.5) is 0 Å². The minimum atomic E-state index is -0.0148. The summed E-state index contributed by atoms with van der Waals surface area (Å²) < 4.78 is 2.03. The maximum Gasteiger partial charge on any atom is 0.251 e. The van der Waals surface area contributed by atoms with Crippen molar-refractivity contribution in [1.29, 1.82) is 0 Å². The van der Waals surface area contributed by atoms with Crippen LogP contribution in [0.5, 0.6) is 0 Å². The third kappa shape index (κ3) is 5.34. The van der Waals surface area contributed by atoms with Gasteiger partial charge in [-0.1, -0.05) is 19.9 Å². The molecular weight excluding hydrogens is 356 g/mol. The number of likely N-dealkylation sites (N-methyl/N-ethyl adjacent to an activating group) is 1. The average molecular weight is 383 g/mol. The Morgan fingerprint density at radius 2 is 1.93 bits per heavy atom. The van der Waals surface area contributed by atoms with Gasteiger partial charge in [0.05, 0.1) is 5.69 Å². The second-order valence-electron chi connectivity index (χ2n) is 6.29. The first kappa shape index (κ1) is 19.5. The minimum absolute atomic E-state index is 0.0148. The molecule has 142 valence electrons. The number of thioether (sulfide) groups is 1. The van der Waals surface area contributed by atoms with Gasteiger partial charge in [0.15, 0.2) is 0 Å². The number of carbonyl (C=O) groups is 1. The normalized spacial score (nSPS) is 11.2. The van der Waals surface area contributed by atoms with Crippen molar-refractivity contribution in [2.45, 2.75) is 24.5 Å². The number of imidazole rings is 1. The lowest BCUT2D eigenvalue weighted by molar-refractivity contribution is 0.0949. The molecule has 0 unspecified atom stereocenters. The van der Waals surface area contributed by atoms with Gasteiger partial charge in [0.1, 0.15) is 5.65 Å². The molecule has 1 amide bonds. The summed E-state index contributed by atoms with van der Waals surface area (Å²) in [5, 5.41) is 2.99. The Kier molecular flexibility index (Phi) is 6.90. The summed E-state index contributed by atoms with van der Waals surface area (Å²) in [7, 11) is 0. The van der Waals surface area contributed by atoms with Crippen LogP contribution in [0, 0.1) is 0 Å². The quantitative estimate of drug-likeness (QED) is 0.573. The minimum Gasteiger partial charge on any atom is -0.351 e. The second kappa shape index (κ2) is 9.58. The number of aromatic nitrogens is 2. The Morgan fingerprint density at radius 3 is 2.63 bits per heavy atom. The van der Waals surface area contributed by atoms with Crippen LogP contribution in [0.2, 0.25) is 0 Å². The van der Waals surface area contributed by atoms with E-state index in [0.29, 0.717) is 12.1 Å². The van der Waals surface area contributed by atoms with E-state index < -0.39 is 0 Å². The van der Waals surface area contributed by atoms with Crippen LogP contribution in [-0.2, 0) is 5.75 Å². The largest absolute Gasteiger partial charge is 0.351 e. The summed E-state index contributed by atoms with van der Waals surface area (Å²) in [6.45, 7) is 7.83. The summed E-state index contributed by atoms with van der Waals surface area (Å²) in [4.78, 5) is 20.3. The fraction of sp³-hybridized carbons (Fsp3) is 0.333. The molecule has 0 radical (unpaired) electrons. The van der Waals surface area contributed by atoms with Crippen LogP contribution in [-0.4, -0.2) is 46.4 Å². The molecule has 6 heteroatoms. The standard InChI is InChI=1S/C21H26N4OS/c1-3-24(4-2)14-12-22-21(26)17-8-10-19(11-9-17)27-16-18-15-25-13-6-5-7-20(25)23-18/h5-11,13,15H,3-4,12,14,16H2,1-2H3,(H,22,26). The molecule has 0 spiro atoms. The number of hydrogen-bond donors (Lipinski definition) is 1. The van der Waals surface area contributed by atoms with Gasteiger partial charge in [0, 0.05) is 41.7 Å². The molecule has 0 saturated carbocycles. The van der Waals surface area contributed by atoms with E-state index in [1.807, 2.05) is 53.1 Å². The number of carbonyl (C=O) groups excluding carboxylic acids is 1. The predicted molar refractivity (Wildman–Crippen MR) is 111 cm³/mol. The highest BCUT2D eigenvalue weighted by atomic mass is 32.2. The molecule has 2 heterocycles. The Bertz CT molecular complexity index is 838. The maximum absolute atomic E-state index is 12.2. The fourth-order valence-electron chi connectivity index (χ4n) is 2.89. The molecule has 0 bridgehead atoms. The number of nitrogens with one attached hydrogen (secondary N) is 1. The van der Waals surface area contributed by atoms with E-state index in [0.717, 1.165) is 41.6 Å². The zero-order valence-corrected chi connectivity index (χ0v) is 16.7. The molecule has 3 rings (SSSR count). The molecule has 0 saturated heterocycles. The number of rotatable bonds is 9. The van der Waals surface area contributed by atoms with E-state index in [2.05, 4.69) is 35.2 Å². The lowest BCUT2D eigenvalue weighted by Gasteiger charge is -2.17. The topological polar surface area (TPSA) is 49.6 Å². The van der Waals surface area contributed by atoms with Gasteiger partial charge in [-0.15, -0.1) is 11.8 Å². The molecule has 0 aliphatic carbocycles. The van der Waals surface area contributed by atoms with E-state index in [1.54, 1.807) is 11.8 Å². The van der Waals surface area contributed by atoms with Crippen LogP contribution < -0.4 is 5.32 Å². The fourth-order valence-corrected chi connectivity index (χ4v) is 3.67. The molecule has 2 aromatic heterocycles. The van der Waals surface area contributed by atoms with Crippen molar-refractivity contribution in [2.75, 3.05) is 26.2 Å². The average Bonchev–Trinajstić information content (AvgIpc) is 3.13. The number of hydrogen-bond acceptors (Lipinski definition) is 4. The molecular formula is C21H26N4OS. The Morgan fingerprint density at radius 1 is 1.15 bits per heavy atom. The molecule has 1 N–H and O–H groups in total. The van der Waals surface area contributed by atoms with E-state index in [9.17, 15) is 4.79 Å². The Labute approximate surface area is 164 Å². The number of nitrogens with zero attached hydrogens (tertiary/aromatic N) is 3. The van der Waals surface area contributed by atoms with Crippen molar-refractivity contribution in [3.05, 3.63) is 66.1 Å². The number of pyridine rings is 1. The van der Waals surface area contributed by atoms with E-state index in [1.165, 1.54) is 0 Å². The predicted octanol–water partition coefficient (Wildman–Crippen LogP) is 3.70. The second-order valence-corrected chi connectivity index (χ2v) is 7.34. The van der Waals surface area contributed by atoms with Crippen LogP contribution in [0.25, 0.3) is 5.65 Å². The van der Waals surface area contributed by atoms with Crippen molar-refractivity contribution in [3.8, 4) is 0 Å². The lowest BCUT2D eigenvalue weighted by Crippen LogP contribution is -2.34. The van der Waals surface area contributed by atoms with E-state index >= 15 is 0 Å².